The van der Waals surface area contributed by atoms with E-state index in [9.17, 15) is 9.90 Å². The lowest BCUT2D eigenvalue weighted by Crippen LogP contribution is -2.05. The van der Waals surface area contributed by atoms with Gasteiger partial charge in [-0.2, -0.15) is 0 Å². The molecule has 0 fully saturated rings. The van der Waals surface area contributed by atoms with E-state index in [1.165, 1.54) is 0 Å². The second-order valence-electron chi connectivity index (χ2n) is 4.34. The van der Waals surface area contributed by atoms with Gasteiger partial charge in [0.05, 0.1) is 6.61 Å². The number of hydrogen-bond acceptors (Lipinski definition) is 3. The summed E-state index contributed by atoms with van der Waals surface area (Å²) in [6, 6.07) is 9.80. The maximum absolute atomic E-state index is 11.7. The molecule has 0 aliphatic heterocycles. The van der Waals surface area contributed by atoms with E-state index in [2.05, 4.69) is 4.98 Å². The summed E-state index contributed by atoms with van der Waals surface area (Å²) >= 11 is 0. The number of aromatic nitrogens is 1. The van der Waals surface area contributed by atoms with Crippen molar-refractivity contribution in [1.82, 2.24) is 4.98 Å². The number of carbonyl (C=O) groups excluding carboxylic acids is 1. The molecular weight excluding hydrogens is 242 g/mol. The molecule has 2 N–H and O–H groups in total. The quantitative estimate of drug-likeness (QED) is 0.830. The van der Waals surface area contributed by atoms with Crippen LogP contribution < -0.4 is 0 Å². The number of carbonyl (C=O) groups is 1. The van der Waals surface area contributed by atoms with Gasteiger partial charge in [-0.1, -0.05) is 30.3 Å². The van der Waals surface area contributed by atoms with Crippen molar-refractivity contribution in [1.29, 1.82) is 0 Å². The van der Waals surface area contributed by atoms with E-state index in [4.69, 9.17) is 4.74 Å². The molecule has 0 saturated carbocycles. The van der Waals surface area contributed by atoms with Gasteiger partial charge in [-0.3, -0.25) is 0 Å². The van der Waals surface area contributed by atoms with E-state index in [1.54, 1.807) is 6.92 Å². The number of esters is 1. The van der Waals surface area contributed by atoms with Gasteiger partial charge in [0, 0.05) is 17.7 Å². The van der Waals surface area contributed by atoms with E-state index in [0.717, 1.165) is 16.8 Å². The number of rotatable bonds is 4. The third kappa shape index (κ3) is 2.78. The Hall–Kier alpha value is -2.23. The van der Waals surface area contributed by atoms with Crippen LogP contribution in [-0.4, -0.2) is 22.7 Å². The molecule has 0 atom stereocenters. The zero-order valence-electron chi connectivity index (χ0n) is 11.1. The number of aryl methyl sites for hydroxylation is 1. The van der Waals surface area contributed by atoms with Crippen LogP contribution >= 0.6 is 0 Å². The van der Waals surface area contributed by atoms with Crippen molar-refractivity contribution in [3.63, 3.8) is 0 Å². The van der Waals surface area contributed by atoms with Gasteiger partial charge in [-0.25, -0.2) is 4.79 Å². The molecule has 0 aliphatic rings. The van der Waals surface area contributed by atoms with Crippen LogP contribution in [-0.2, 0) is 11.2 Å². The molecule has 100 valence electrons. The SMILES string of the molecule is CCOC(=O)c1[nH]c(C)c(Cc2ccccc2)c1O. The van der Waals surface area contributed by atoms with Gasteiger partial charge < -0.3 is 14.8 Å². The van der Waals surface area contributed by atoms with Crippen LogP contribution in [0.2, 0.25) is 0 Å². The second kappa shape index (κ2) is 5.61. The molecule has 0 radical (unpaired) electrons. The molecule has 19 heavy (non-hydrogen) atoms. The minimum atomic E-state index is -0.526. The Morgan fingerprint density at radius 1 is 1.32 bits per heavy atom. The Kier molecular flexibility index (Phi) is 3.90. The maximum atomic E-state index is 11.7. The molecule has 0 amide bonds. The summed E-state index contributed by atoms with van der Waals surface area (Å²) in [5.74, 6) is -0.540. The molecule has 2 rings (SSSR count). The Morgan fingerprint density at radius 3 is 2.63 bits per heavy atom. The lowest BCUT2D eigenvalue weighted by molar-refractivity contribution is 0.0516. The molecule has 2 aromatic rings. The summed E-state index contributed by atoms with van der Waals surface area (Å²) < 4.78 is 4.90. The van der Waals surface area contributed by atoms with Gasteiger partial charge in [-0.05, 0) is 19.4 Å². The van der Waals surface area contributed by atoms with E-state index < -0.39 is 5.97 Å². The standard InChI is InChI=1S/C15H17NO3/c1-3-19-15(18)13-14(17)12(10(2)16-13)9-11-7-5-4-6-8-11/h4-8,16-17H,3,9H2,1-2H3. The fraction of sp³-hybridized carbons (Fsp3) is 0.267. The molecule has 4 heteroatoms. The smallest absolute Gasteiger partial charge is 0.358 e. The highest BCUT2D eigenvalue weighted by atomic mass is 16.5. The van der Waals surface area contributed by atoms with Gasteiger partial charge >= 0.3 is 5.97 Å². The van der Waals surface area contributed by atoms with E-state index >= 15 is 0 Å². The van der Waals surface area contributed by atoms with Crippen molar-refractivity contribution >= 4 is 5.97 Å². The molecule has 1 heterocycles. The predicted molar refractivity (Wildman–Crippen MR) is 72.4 cm³/mol. The van der Waals surface area contributed by atoms with Crippen LogP contribution in [0.15, 0.2) is 30.3 Å². The maximum Gasteiger partial charge on any atom is 0.358 e. The first kappa shape index (κ1) is 13.2. The van der Waals surface area contributed by atoms with Crippen molar-refractivity contribution in [3.8, 4) is 5.75 Å². The van der Waals surface area contributed by atoms with Crippen molar-refractivity contribution in [3.05, 3.63) is 52.8 Å². The Balaban J connectivity index is 2.29. The van der Waals surface area contributed by atoms with Gasteiger partial charge in [0.25, 0.3) is 0 Å². The topological polar surface area (TPSA) is 62.3 Å². The molecule has 0 unspecified atom stereocenters. The Bertz CT molecular complexity index is 573. The number of nitrogens with one attached hydrogen (secondary N) is 1. The number of hydrogen-bond donors (Lipinski definition) is 2. The predicted octanol–water partition coefficient (Wildman–Crippen LogP) is 2.80. The number of benzene rings is 1. The number of H-pyrrole nitrogens is 1. The van der Waals surface area contributed by atoms with Crippen molar-refractivity contribution < 1.29 is 14.6 Å². The average Bonchev–Trinajstić information content (AvgIpc) is 2.68. The third-order valence-corrected chi connectivity index (χ3v) is 2.99. The first-order valence-electron chi connectivity index (χ1n) is 6.25. The van der Waals surface area contributed by atoms with Crippen LogP contribution in [0.25, 0.3) is 0 Å². The van der Waals surface area contributed by atoms with Crippen molar-refractivity contribution in [2.75, 3.05) is 6.61 Å². The van der Waals surface area contributed by atoms with Gasteiger partial charge in [0.15, 0.2) is 11.4 Å². The zero-order valence-corrected chi connectivity index (χ0v) is 11.1. The fourth-order valence-electron chi connectivity index (χ4n) is 2.02. The summed E-state index contributed by atoms with van der Waals surface area (Å²) in [6.07, 6.45) is 0.578. The third-order valence-electron chi connectivity index (χ3n) is 2.99. The molecule has 0 aliphatic carbocycles. The molecule has 0 bridgehead atoms. The van der Waals surface area contributed by atoms with Gasteiger partial charge in [-0.15, -0.1) is 0 Å². The average molecular weight is 259 g/mol. The minimum Gasteiger partial charge on any atom is -0.505 e. The number of ether oxygens (including phenoxy) is 1. The summed E-state index contributed by atoms with van der Waals surface area (Å²) in [7, 11) is 0. The summed E-state index contributed by atoms with van der Waals surface area (Å²) in [5, 5.41) is 10.1. The Morgan fingerprint density at radius 2 is 2.00 bits per heavy atom. The highest BCUT2D eigenvalue weighted by molar-refractivity contribution is 5.91. The van der Waals surface area contributed by atoms with Crippen molar-refractivity contribution in [2.45, 2.75) is 20.3 Å². The van der Waals surface area contributed by atoms with Crippen LogP contribution in [0.1, 0.15) is 34.2 Å². The molecule has 4 nitrogen and oxygen atoms in total. The van der Waals surface area contributed by atoms with Crippen LogP contribution in [0.3, 0.4) is 0 Å². The largest absolute Gasteiger partial charge is 0.505 e. The lowest BCUT2D eigenvalue weighted by Gasteiger charge is -2.02. The highest BCUT2D eigenvalue weighted by Crippen LogP contribution is 2.28. The first-order valence-corrected chi connectivity index (χ1v) is 6.25. The molecule has 1 aromatic carbocycles. The summed E-state index contributed by atoms with van der Waals surface area (Å²) in [5.41, 5.74) is 2.72. The van der Waals surface area contributed by atoms with E-state index in [0.29, 0.717) is 6.42 Å². The fourth-order valence-corrected chi connectivity index (χ4v) is 2.02. The van der Waals surface area contributed by atoms with Gasteiger partial charge in [0.1, 0.15) is 0 Å². The Labute approximate surface area is 112 Å². The molecule has 0 spiro atoms. The summed E-state index contributed by atoms with van der Waals surface area (Å²) in [4.78, 5) is 14.6. The van der Waals surface area contributed by atoms with E-state index in [-0.39, 0.29) is 18.1 Å². The molecule has 1 aromatic heterocycles. The monoisotopic (exact) mass is 259 g/mol. The van der Waals surface area contributed by atoms with Gasteiger partial charge in [0.2, 0.25) is 0 Å². The zero-order chi connectivity index (χ0) is 13.8. The highest BCUT2D eigenvalue weighted by Gasteiger charge is 2.20. The number of aromatic amines is 1. The number of aromatic hydroxyl groups is 1. The molecular formula is C15H17NO3. The lowest BCUT2D eigenvalue weighted by atomic mass is 10.0. The van der Waals surface area contributed by atoms with E-state index in [1.807, 2.05) is 37.3 Å². The van der Waals surface area contributed by atoms with Crippen molar-refractivity contribution in [2.24, 2.45) is 0 Å². The second-order valence-corrected chi connectivity index (χ2v) is 4.34. The van der Waals surface area contributed by atoms with Crippen LogP contribution in [0.5, 0.6) is 5.75 Å². The first-order chi connectivity index (χ1) is 9.13. The summed E-state index contributed by atoms with van der Waals surface area (Å²) in [6.45, 7) is 3.85. The van der Waals surface area contributed by atoms with Crippen LogP contribution in [0, 0.1) is 6.92 Å². The minimum absolute atomic E-state index is 0.0141. The normalized spacial score (nSPS) is 10.4. The molecule has 0 saturated heterocycles. The van der Waals surface area contributed by atoms with Crippen LogP contribution in [0.4, 0.5) is 0 Å².